The van der Waals surface area contributed by atoms with Gasteiger partial charge in [0.2, 0.25) is 0 Å². The first-order valence-electron chi connectivity index (χ1n) is 6.14. The molecule has 2 aromatic rings. The van der Waals surface area contributed by atoms with Gasteiger partial charge in [-0.05, 0) is 49.2 Å². The third kappa shape index (κ3) is 3.65. The fourth-order valence-corrected chi connectivity index (χ4v) is 2.55. The Bertz CT molecular complexity index is 485. The third-order valence-corrected chi connectivity index (χ3v) is 3.71. The zero-order valence-corrected chi connectivity index (χ0v) is 12.0. The third-order valence-electron chi connectivity index (χ3n) is 2.99. The summed E-state index contributed by atoms with van der Waals surface area (Å²) in [7, 11) is 0. The van der Waals surface area contributed by atoms with Gasteiger partial charge in [-0.25, -0.2) is 0 Å². The number of nitrogens with zero attached hydrogens (tertiary/aromatic N) is 1. The molecular weight excluding hydrogens is 288 g/mol. The molecule has 0 bridgehead atoms. The Morgan fingerprint density at radius 2 is 1.89 bits per heavy atom. The lowest BCUT2D eigenvalue weighted by Crippen LogP contribution is -2.21. The molecule has 0 radical (unpaired) electrons. The first-order chi connectivity index (χ1) is 8.77. The van der Waals surface area contributed by atoms with Crippen LogP contribution in [0.1, 0.15) is 24.1 Å². The molecule has 3 heteroatoms. The quantitative estimate of drug-likeness (QED) is 0.910. The zero-order valence-electron chi connectivity index (χ0n) is 10.4. The van der Waals surface area contributed by atoms with E-state index in [1.54, 1.807) is 0 Å². The summed E-state index contributed by atoms with van der Waals surface area (Å²) in [6.45, 7) is 3.15. The second-order valence-corrected chi connectivity index (χ2v) is 5.16. The number of hydrogen-bond acceptors (Lipinski definition) is 2. The van der Waals surface area contributed by atoms with Crippen LogP contribution in [0.2, 0.25) is 0 Å². The summed E-state index contributed by atoms with van der Waals surface area (Å²) in [5.41, 5.74) is 2.61. The highest BCUT2D eigenvalue weighted by atomic mass is 79.9. The highest BCUT2D eigenvalue weighted by Gasteiger charge is 2.07. The van der Waals surface area contributed by atoms with Crippen LogP contribution >= 0.6 is 15.9 Å². The van der Waals surface area contributed by atoms with E-state index in [1.807, 2.05) is 18.5 Å². The number of aromatic nitrogens is 1. The van der Waals surface area contributed by atoms with Crippen LogP contribution in [0.3, 0.4) is 0 Å². The molecule has 1 aromatic carbocycles. The van der Waals surface area contributed by atoms with E-state index in [1.165, 1.54) is 11.1 Å². The molecule has 18 heavy (non-hydrogen) atoms. The molecular formula is C15H17BrN2. The Labute approximate surface area is 117 Å². The molecule has 94 valence electrons. The summed E-state index contributed by atoms with van der Waals surface area (Å²) >= 11 is 3.59. The van der Waals surface area contributed by atoms with Gasteiger partial charge in [0, 0.05) is 22.9 Å². The fraction of sp³-hybridized carbons (Fsp3) is 0.267. The van der Waals surface area contributed by atoms with E-state index < -0.39 is 0 Å². The first-order valence-corrected chi connectivity index (χ1v) is 6.93. The van der Waals surface area contributed by atoms with Crippen LogP contribution < -0.4 is 5.32 Å². The second-order valence-electron chi connectivity index (χ2n) is 4.30. The molecule has 1 heterocycles. The van der Waals surface area contributed by atoms with Crippen molar-refractivity contribution >= 4 is 15.9 Å². The van der Waals surface area contributed by atoms with E-state index in [2.05, 4.69) is 63.5 Å². The highest BCUT2D eigenvalue weighted by molar-refractivity contribution is 9.10. The van der Waals surface area contributed by atoms with Crippen molar-refractivity contribution in [2.24, 2.45) is 0 Å². The molecule has 0 aliphatic carbocycles. The molecule has 0 amide bonds. The molecule has 2 nitrogen and oxygen atoms in total. The molecule has 0 spiro atoms. The summed E-state index contributed by atoms with van der Waals surface area (Å²) in [6, 6.07) is 12.8. The molecule has 2 rings (SSSR count). The van der Waals surface area contributed by atoms with Gasteiger partial charge < -0.3 is 5.32 Å². The molecule has 0 aliphatic heterocycles. The van der Waals surface area contributed by atoms with Crippen LogP contribution in [-0.2, 0) is 6.42 Å². The van der Waals surface area contributed by atoms with Crippen molar-refractivity contribution in [3.8, 4) is 0 Å². The van der Waals surface area contributed by atoms with Gasteiger partial charge in [0.25, 0.3) is 0 Å². The number of benzene rings is 1. The lowest BCUT2D eigenvalue weighted by atomic mass is 10.1. The SMILES string of the molecule is CC(NCCc1ccncc1)c1ccccc1Br. The molecule has 0 aliphatic rings. The van der Waals surface area contributed by atoms with Gasteiger partial charge in [-0.2, -0.15) is 0 Å². The zero-order chi connectivity index (χ0) is 12.8. The molecule has 0 fully saturated rings. The van der Waals surface area contributed by atoms with Crippen LogP contribution in [0.5, 0.6) is 0 Å². The van der Waals surface area contributed by atoms with E-state index in [0.29, 0.717) is 6.04 Å². The van der Waals surface area contributed by atoms with Crippen molar-refractivity contribution < 1.29 is 0 Å². The standard InChI is InChI=1S/C15H17BrN2/c1-12(14-4-2-3-5-15(14)16)18-11-8-13-6-9-17-10-7-13/h2-7,9-10,12,18H,8,11H2,1H3. The number of pyridine rings is 1. The summed E-state index contributed by atoms with van der Waals surface area (Å²) in [4.78, 5) is 4.02. The van der Waals surface area contributed by atoms with Crippen LogP contribution in [0.25, 0.3) is 0 Å². The van der Waals surface area contributed by atoms with E-state index in [4.69, 9.17) is 0 Å². The van der Waals surface area contributed by atoms with Crippen LogP contribution in [0.15, 0.2) is 53.3 Å². The van der Waals surface area contributed by atoms with Gasteiger partial charge in [0.05, 0.1) is 0 Å². The molecule has 1 atom stereocenters. The van der Waals surface area contributed by atoms with E-state index >= 15 is 0 Å². The van der Waals surface area contributed by atoms with Crippen LogP contribution in [-0.4, -0.2) is 11.5 Å². The van der Waals surface area contributed by atoms with Crippen molar-refractivity contribution in [2.75, 3.05) is 6.54 Å². The maximum atomic E-state index is 4.02. The predicted octanol–water partition coefficient (Wildman–Crippen LogP) is 3.74. The van der Waals surface area contributed by atoms with Gasteiger partial charge in [-0.1, -0.05) is 34.1 Å². The Hall–Kier alpha value is -1.19. The Balaban J connectivity index is 1.86. The monoisotopic (exact) mass is 304 g/mol. The molecule has 1 aromatic heterocycles. The van der Waals surface area contributed by atoms with Gasteiger partial charge in [-0.15, -0.1) is 0 Å². The summed E-state index contributed by atoms with van der Waals surface area (Å²) in [6.07, 6.45) is 4.70. The minimum Gasteiger partial charge on any atom is -0.310 e. The van der Waals surface area contributed by atoms with Crippen molar-refractivity contribution in [3.05, 3.63) is 64.4 Å². The Morgan fingerprint density at radius 3 is 2.61 bits per heavy atom. The van der Waals surface area contributed by atoms with E-state index in [9.17, 15) is 0 Å². The predicted molar refractivity (Wildman–Crippen MR) is 78.5 cm³/mol. The van der Waals surface area contributed by atoms with Crippen molar-refractivity contribution in [1.29, 1.82) is 0 Å². The molecule has 1 unspecified atom stereocenters. The van der Waals surface area contributed by atoms with Crippen LogP contribution in [0, 0.1) is 0 Å². The number of halogens is 1. The van der Waals surface area contributed by atoms with Crippen molar-refractivity contribution in [2.45, 2.75) is 19.4 Å². The molecule has 1 N–H and O–H groups in total. The highest BCUT2D eigenvalue weighted by Crippen LogP contribution is 2.22. The van der Waals surface area contributed by atoms with Gasteiger partial charge >= 0.3 is 0 Å². The van der Waals surface area contributed by atoms with Crippen molar-refractivity contribution in [3.63, 3.8) is 0 Å². The molecule has 0 saturated carbocycles. The average molecular weight is 305 g/mol. The Morgan fingerprint density at radius 1 is 1.17 bits per heavy atom. The van der Waals surface area contributed by atoms with E-state index in [-0.39, 0.29) is 0 Å². The lowest BCUT2D eigenvalue weighted by Gasteiger charge is -2.15. The van der Waals surface area contributed by atoms with Crippen molar-refractivity contribution in [1.82, 2.24) is 10.3 Å². The normalized spacial score (nSPS) is 12.3. The number of rotatable bonds is 5. The minimum absolute atomic E-state index is 0.349. The van der Waals surface area contributed by atoms with Gasteiger partial charge in [0.15, 0.2) is 0 Å². The topological polar surface area (TPSA) is 24.9 Å². The van der Waals surface area contributed by atoms with E-state index in [0.717, 1.165) is 17.4 Å². The summed E-state index contributed by atoms with van der Waals surface area (Å²) in [5.74, 6) is 0. The fourth-order valence-electron chi connectivity index (χ4n) is 1.92. The second kappa shape index (κ2) is 6.66. The largest absolute Gasteiger partial charge is 0.310 e. The number of hydrogen-bond donors (Lipinski definition) is 1. The van der Waals surface area contributed by atoms with Gasteiger partial charge in [0.1, 0.15) is 0 Å². The Kier molecular flexibility index (Phi) is 4.90. The average Bonchev–Trinajstić information content (AvgIpc) is 2.40. The lowest BCUT2D eigenvalue weighted by molar-refractivity contribution is 0.575. The first kappa shape index (κ1) is 13.2. The maximum absolute atomic E-state index is 4.02. The smallest absolute Gasteiger partial charge is 0.0303 e. The summed E-state index contributed by atoms with van der Waals surface area (Å²) < 4.78 is 1.16. The maximum Gasteiger partial charge on any atom is 0.0303 e. The number of nitrogens with one attached hydrogen (secondary N) is 1. The van der Waals surface area contributed by atoms with Crippen LogP contribution in [0.4, 0.5) is 0 Å². The molecule has 0 saturated heterocycles. The minimum atomic E-state index is 0.349. The van der Waals surface area contributed by atoms with Gasteiger partial charge in [-0.3, -0.25) is 4.98 Å². The summed E-state index contributed by atoms with van der Waals surface area (Å²) in [5, 5.41) is 3.54.